The average Bonchev–Trinajstić information content (AvgIpc) is 3.54. The molecule has 1 heterocycles. The highest BCUT2D eigenvalue weighted by Gasteiger charge is 2.62. The first kappa shape index (κ1) is 22.2. The maximum Gasteiger partial charge on any atom is 0.338 e. The first-order valence-electron chi connectivity index (χ1n) is 12.3. The number of amides is 2. The van der Waals surface area contributed by atoms with E-state index in [1.165, 1.54) is 4.90 Å². The molecule has 2 fully saturated rings. The fraction of sp³-hybridized carbons (Fsp3) is 0.194. The number of esters is 1. The zero-order valence-electron chi connectivity index (χ0n) is 19.8. The molecule has 2 amide bonds. The van der Waals surface area contributed by atoms with Gasteiger partial charge in [0, 0.05) is 11.8 Å². The first-order chi connectivity index (χ1) is 17.6. The molecule has 0 aromatic heterocycles. The van der Waals surface area contributed by atoms with Crippen molar-refractivity contribution >= 4 is 29.0 Å². The van der Waals surface area contributed by atoms with Crippen LogP contribution in [0, 0.1) is 23.7 Å². The Balaban J connectivity index is 1.42. The van der Waals surface area contributed by atoms with Crippen molar-refractivity contribution in [3.05, 3.63) is 119 Å². The van der Waals surface area contributed by atoms with Crippen LogP contribution in [0.25, 0.3) is 5.57 Å². The molecule has 0 unspecified atom stereocenters. The number of hydrogen-bond acceptors (Lipinski definition) is 4. The highest BCUT2D eigenvalue weighted by Crippen LogP contribution is 2.58. The fourth-order valence-electron chi connectivity index (χ4n) is 6.05. The lowest BCUT2D eigenvalue weighted by Crippen LogP contribution is -2.33. The Labute approximate surface area is 209 Å². The summed E-state index contributed by atoms with van der Waals surface area (Å²) in [6.45, 7) is 1.99. The largest absolute Gasteiger partial charge is 0.462 e. The lowest BCUT2D eigenvalue weighted by atomic mass is 9.85. The van der Waals surface area contributed by atoms with E-state index in [9.17, 15) is 14.4 Å². The van der Waals surface area contributed by atoms with Crippen LogP contribution in [-0.4, -0.2) is 24.4 Å². The number of ether oxygens (including phenoxy) is 1. The zero-order valence-corrected chi connectivity index (χ0v) is 19.8. The molecular weight excluding hydrogens is 450 g/mol. The predicted octanol–water partition coefficient (Wildman–Crippen LogP) is 5.29. The van der Waals surface area contributed by atoms with Crippen molar-refractivity contribution in [3.8, 4) is 0 Å². The smallest absolute Gasteiger partial charge is 0.338 e. The van der Waals surface area contributed by atoms with Crippen molar-refractivity contribution in [2.45, 2.75) is 6.92 Å². The quantitative estimate of drug-likeness (QED) is 0.286. The molecule has 0 radical (unpaired) electrons. The van der Waals surface area contributed by atoms with Crippen LogP contribution in [0.4, 0.5) is 5.69 Å². The fourth-order valence-corrected chi connectivity index (χ4v) is 6.05. The van der Waals surface area contributed by atoms with Gasteiger partial charge in [0.05, 0.1) is 29.7 Å². The molecule has 0 N–H and O–H groups in total. The Morgan fingerprint density at radius 3 is 1.81 bits per heavy atom. The lowest BCUT2D eigenvalue weighted by Gasteiger charge is -2.22. The number of anilines is 1. The van der Waals surface area contributed by atoms with Gasteiger partial charge in [-0.1, -0.05) is 78.9 Å². The van der Waals surface area contributed by atoms with Gasteiger partial charge in [-0.3, -0.25) is 9.59 Å². The summed E-state index contributed by atoms with van der Waals surface area (Å²) in [6, 6.07) is 26.9. The molecule has 178 valence electrons. The van der Waals surface area contributed by atoms with E-state index in [-0.39, 0.29) is 30.3 Å². The number of carbonyl (C=O) groups excluding carboxylic acids is 3. The minimum Gasteiger partial charge on any atom is -0.462 e. The van der Waals surface area contributed by atoms with Gasteiger partial charge in [-0.2, -0.15) is 0 Å². The minimum atomic E-state index is -0.471. The maximum absolute atomic E-state index is 13.8. The van der Waals surface area contributed by atoms with E-state index in [0.717, 1.165) is 22.3 Å². The molecule has 6 rings (SSSR count). The normalized spacial score (nSPS) is 23.8. The third kappa shape index (κ3) is 3.34. The van der Waals surface area contributed by atoms with Gasteiger partial charge in [0.25, 0.3) is 0 Å². The van der Waals surface area contributed by atoms with Crippen LogP contribution in [0.1, 0.15) is 28.4 Å². The second kappa shape index (κ2) is 8.76. The van der Waals surface area contributed by atoms with Crippen LogP contribution in [0.5, 0.6) is 0 Å². The lowest BCUT2D eigenvalue weighted by molar-refractivity contribution is -0.122. The summed E-state index contributed by atoms with van der Waals surface area (Å²) < 4.78 is 5.10. The van der Waals surface area contributed by atoms with Crippen LogP contribution < -0.4 is 4.90 Å². The van der Waals surface area contributed by atoms with E-state index in [1.807, 2.05) is 36.4 Å². The van der Waals surface area contributed by atoms with Crippen LogP contribution in [0.3, 0.4) is 0 Å². The second-order valence-corrected chi connectivity index (χ2v) is 9.33. The second-order valence-electron chi connectivity index (χ2n) is 9.33. The number of carbonyl (C=O) groups is 3. The van der Waals surface area contributed by atoms with E-state index >= 15 is 0 Å². The number of benzene rings is 3. The number of imide groups is 1. The molecule has 1 aliphatic heterocycles. The van der Waals surface area contributed by atoms with Gasteiger partial charge in [0.15, 0.2) is 0 Å². The summed E-state index contributed by atoms with van der Waals surface area (Å²) in [5.41, 5.74) is 5.14. The molecule has 3 aliphatic rings. The summed E-state index contributed by atoms with van der Waals surface area (Å²) >= 11 is 0. The topological polar surface area (TPSA) is 63.7 Å². The number of hydrogen-bond donors (Lipinski definition) is 0. The van der Waals surface area contributed by atoms with Crippen molar-refractivity contribution in [2.75, 3.05) is 11.5 Å². The summed E-state index contributed by atoms with van der Waals surface area (Å²) in [5.74, 6) is -2.08. The van der Waals surface area contributed by atoms with E-state index in [2.05, 4.69) is 36.4 Å². The Kier molecular flexibility index (Phi) is 5.41. The molecule has 3 aromatic carbocycles. The van der Waals surface area contributed by atoms with Crippen molar-refractivity contribution in [3.63, 3.8) is 0 Å². The van der Waals surface area contributed by atoms with Crippen molar-refractivity contribution < 1.29 is 19.1 Å². The summed E-state index contributed by atoms with van der Waals surface area (Å²) in [5, 5.41) is 0. The average molecular weight is 476 g/mol. The number of nitrogens with zero attached hydrogens (tertiary/aromatic N) is 1. The number of allylic oxidation sites excluding steroid dienone is 3. The van der Waals surface area contributed by atoms with Crippen LogP contribution >= 0.6 is 0 Å². The minimum absolute atomic E-state index is 0.148. The summed E-state index contributed by atoms with van der Waals surface area (Å²) in [7, 11) is 0. The zero-order chi connectivity index (χ0) is 24.8. The molecule has 4 atom stereocenters. The highest BCUT2D eigenvalue weighted by molar-refractivity contribution is 6.23. The molecule has 5 nitrogen and oxygen atoms in total. The molecule has 2 bridgehead atoms. The Bertz CT molecular complexity index is 1350. The van der Waals surface area contributed by atoms with Gasteiger partial charge in [-0.25, -0.2) is 9.69 Å². The van der Waals surface area contributed by atoms with Gasteiger partial charge >= 0.3 is 5.97 Å². The molecule has 2 aliphatic carbocycles. The monoisotopic (exact) mass is 475 g/mol. The third-order valence-electron chi connectivity index (χ3n) is 7.44. The van der Waals surface area contributed by atoms with Crippen molar-refractivity contribution in [1.29, 1.82) is 0 Å². The van der Waals surface area contributed by atoms with E-state index in [1.54, 1.807) is 31.2 Å². The molecular formula is C31H25NO4. The van der Waals surface area contributed by atoms with Crippen molar-refractivity contribution in [2.24, 2.45) is 23.7 Å². The maximum atomic E-state index is 13.8. The number of rotatable bonds is 5. The highest BCUT2D eigenvalue weighted by atomic mass is 16.5. The van der Waals surface area contributed by atoms with E-state index in [4.69, 9.17) is 4.74 Å². The predicted molar refractivity (Wildman–Crippen MR) is 137 cm³/mol. The Hall–Kier alpha value is -4.25. The van der Waals surface area contributed by atoms with Crippen LogP contribution in [0.15, 0.2) is 103 Å². The van der Waals surface area contributed by atoms with Gasteiger partial charge in [0.1, 0.15) is 0 Å². The van der Waals surface area contributed by atoms with Crippen LogP contribution in [0.2, 0.25) is 0 Å². The van der Waals surface area contributed by atoms with Gasteiger partial charge in [-0.15, -0.1) is 0 Å². The molecule has 1 saturated heterocycles. The van der Waals surface area contributed by atoms with Gasteiger partial charge in [-0.05, 0) is 47.4 Å². The molecule has 3 aromatic rings. The standard InChI is InChI=1S/C31H25NO4/c1-2-36-31(35)21-14-9-15-22(18-21)32-29(33)27-23-16-17-24(28(27)30(32)34)26(23)25(19-10-5-3-6-11-19)20-12-7-4-8-13-20/h3-18,23-24,27-28H,2H2,1H3/t23-,24-,27-,28+/m1/s1. The van der Waals surface area contributed by atoms with Gasteiger partial charge in [0.2, 0.25) is 11.8 Å². The molecule has 36 heavy (non-hydrogen) atoms. The third-order valence-corrected chi connectivity index (χ3v) is 7.44. The molecule has 5 heteroatoms. The van der Waals surface area contributed by atoms with Crippen LogP contribution in [-0.2, 0) is 14.3 Å². The Morgan fingerprint density at radius 1 is 0.750 bits per heavy atom. The first-order valence-corrected chi connectivity index (χ1v) is 12.3. The Morgan fingerprint density at radius 2 is 1.28 bits per heavy atom. The van der Waals surface area contributed by atoms with E-state index < -0.39 is 17.8 Å². The molecule has 1 saturated carbocycles. The van der Waals surface area contributed by atoms with Crippen molar-refractivity contribution in [1.82, 2.24) is 0 Å². The summed E-state index contributed by atoms with van der Waals surface area (Å²) in [4.78, 5) is 41.1. The van der Waals surface area contributed by atoms with Gasteiger partial charge < -0.3 is 4.74 Å². The summed E-state index contributed by atoms with van der Waals surface area (Å²) in [6.07, 6.45) is 4.19. The van der Waals surface area contributed by atoms with E-state index in [0.29, 0.717) is 11.3 Å². The number of fused-ring (bicyclic) bond motifs is 5. The SMILES string of the molecule is CCOC(=O)c1cccc(N2C(=O)[C@@H]3[C@H](C2=O)[C@@H]2C=C[C@@H]3C2=C(c2ccccc2)c2ccccc2)c1. The molecule has 0 spiro atoms.